The van der Waals surface area contributed by atoms with Gasteiger partial charge in [0.2, 0.25) is 0 Å². The van der Waals surface area contributed by atoms with Gasteiger partial charge in [-0.15, -0.1) is 0 Å². The Balaban J connectivity index is 1.02. The molecule has 0 fully saturated rings. The van der Waals surface area contributed by atoms with E-state index in [1.165, 1.54) is 93.6 Å². The minimum Gasteiger partial charge on any atom is -0.315 e. The first-order chi connectivity index (χ1) is 32.3. The molecule has 2 heteroatoms. The number of pyridine rings is 1. The maximum absolute atomic E-state index is 2.46. The molecule has 13 rings (SSSR count). The summed E-state index contributed by atoms with van der Waals surface area (Å²) in [6.45, 7) is 0. The van der Waals surface area contributed by atoms with Crippen molar-refractivity contribution in [2.45, 2.75) is 5.41 Å². The second-order valence-electron chi connectivity index (χ2n) is 17.2. The fourth-order valence-corrected chi connectivity index (χ4v) is 11.1. The van der Waals surface area contributed by atoms with Crippen LogP contribution in [0.4, 0.5) is 17.1 Å². The molecule has 1 aliphatic rings. The van der Waals surface area contributed by atoms with Crippen LogP contribution in [0, 0.1) is 0 Å². The summed E-state index contributed by atoms with van der Waals surface area (Å²) in [5.74, 6) is 0. The number of benzene rings is 10. The summed E-state index contributed by atoms with van der Waals surface area (Å²) in [6, 6.07) is 91.6. The van der Waals surface area contributed by atoms with Gasteiger partial charge in [0.1, 0.15) is 0 Å². The molecule has 2 nitrogen and oxygen atoms in total. The molecule has 65 heavy (non-hydrogen) atoms. The van der Waals surface area contributed by atoms with E-state index in [1.807, 2.05) is 0 Å². The Kier molecular flexibility index (Phi) is 8.47. The number of anilines is 3. The highest BCUT2D eigenvalue weighted by Crippen LogP contribution is 2.57. The van der Waals surface area contributed by atoms with Crippen molar-refractivity contribution < 1.29 is 0 Å². The van der Waals surface area contributed by atoms with Gasteiger partial charge in [0.05, 0.1) is 16.4 Å². The molecule has 10 aromatic carbocycles. The van der Waals surface area contributed by atoms with E-state index in [2.05, 4.69) is 264 Å². The van der Waals surface area contributed by atoms with E-state index in [1.54, 1.807) is 0 Å². The van der Waals surface area contributed by atoms with E-state index in [4.69, 9.17) is 0 Å². The average Bonchev–Trinajstić information content (AvgIpc) is 3.88. The highest BCUT2D eigenvalue weighted by Gasteiger charge is 2.46. The van der Waals surface area contributed by atoms with Crippen molar-refractivity contribution in [3.63, 3.8) is 0 Å². The van der Waals surface area contributed by atoms with Gasteiger partial charge in [-0.2, -0.15) is 0 Å². The second-order valence-corrected chi connectivity index (χ2v) is 17.2. The van der Waals surface area contributed by atoms with Gasteiger partial charge in [0.15, 0.2) is 0 Å². The number of rotatable bonds is 7. The van der Waals surface area contributed by atoms with Crippen molar-refractivity contribution in [3.8, 4) is 33.4 Å². The van der Waals surface area contributed by atoms with Crippen molar-refractivity contribution in [1.82, 2.24) is 4.40 Å². The van der Waals surface area contributed by atoms with Gasteiger partial charge in [0, 0.05) is 39.6 Å². The van der Waals surface area contributed by atoms with Gasteiger partial charge in [0.25, 0.3) is 0 Å². The Morgan fingerprint density at radius 2 is 0.938 bits per heavy atom. The van der Waals surface area contributed by atoms with Gasteiger partial charge < -0.3 is 9.30 Å². The maximum atomic E-state index is 2.46. The van der Waals surface area contributed by atoms with E-state index in [9.17, 15) is 0 Å². The molecule has 2 aromatic heterocycles. The third kappa shape index (κ3) is 5.67. The molecule has 0 bridgehead atoms. The van der Waals surface area contributed by atoms with Crippen LogP contribution in [0.15, 0.2) is 255 Å². The van der Waals surface area contributed by atoms with Crippen LogP contribution >= 0.6 is 0 Å². The summed E-state index contributed by atoms with van der Waals surface area (Å²) < 4.78 is 2.39. The smallest absolute Gasteiger partial charge is 0.0714 e. The van der Waals surface area contributed by atoms with Crippen LogP contribution in [0.1, 0.15) is 22.3 Å². The molecule has 1 aliphatic carbocycles. The largest absolute Gasteiger partial charge is 0.315 e. The molecule has 0 atom stereocenters. The van der Waals surface area contributed by atoms with E-state index in [0.717, 1.165) is 17.1 Å². The Morgan fingerprint density at radius 3 is 1.72 bits per heavy atom. The first kappa shape index (κ1) is 37.1. The predicted octanol–water partition coefficient (Wildman–Crippen LogP) is 16.6. The molecular weight excluding hydrogens is 785 g/mol. The minimum atomic E-state index is -0.509. The Morgan fingerprint density at radius 1 is 0.354 bits per heavy atom. The fourth-order valence-electron chi connectivity index (χ4n) is 11.1. The summed E-state index contributed by atoms with van der Waals surface area (Å²) in [5, 5.41) is 6.15. The second kappa shape index (κ2) is 14.8. The average molecular weight is 827 g/mol. The zero-order chi connectivity index (χ0) is 42.9. The summed E-state index contributed by atoms with van der Waals surface area (Å²) in [6.07, 6.45) is 2.24. The molecule has 0 saturated heterocycles. The monoisotopic (exact) mass is 826 g/mol. The van der Waals surface area contributed by atoms with E-state index in [-0.39, 0.29) is 0 Å². The lowest BCUT2D eigenvalue weighted by Gasteiger charge is -2.35. The molecule has 0 amide bonds. The minimum absolute atomic E-state index is 0.509. The zero-order valence-corrected chi connectivity index (χ0v) is 35.6. The van der Waals surface area contributed by atoms with E-state index in [0.29, 0.717) is 0 Å². The van der Waals surface area contributed by atoms with Crippen LogP contribution in [0.5, 0.6) is 0 Å². The van der Waals surface area contributed by atoms with Crippen LogP contribution in [0.25, 0.3) is 71.3 Å². The summed E-state index contributed by atoms with van der Waals surface area (Å²) in [5.41, 5.74) is 17.7. The molecule has 0 saturated carbocycles. The van der Waals surface area contributed by atoms with Crippen LogP contribution in [0.3, 0.4) is 0 Å². The van der Waals surface area contributed by atoms with Gasteiger partial charge >= 0.3 is 0 Å². The number of fused-ring (bicyclic) bond motifs is 9. The molecule has 0 spiro atoms. The van der Waals surface area contributed by atoms with Crippen molar-refractivity contribution in [2.24, 2.45) is 0 Å². The van der Waals surface area contributed by atoms with Crippen LogP contribution in [-0.2, 0) is 5.41 Å². The standard InChI is InChI=1S/C63H42N2/c1-4-18-45(19-5-1)61-56-27-13-15-30-59(56)64-40-39-46-21-16-28-53(60(46)62(61)64)44-32-34-50(35-33-44)65(51-36-31-43-17-10-11-20-47(43)41-51)52-37-38-55-54-26-12-14-29-57(54)63(58(55)42-52,48-22-6-2-7-23-48)49-24-8-3-9-25-49/h1-42H. The Bertz CT molecular complexity index is 3720. The lowest BCUT2D eigenvalue weighted by atomic mass is 9.67. The zero-order valence-electron chi connectivity index (χ0n) is 35.6. The molecule has 12 aromatic rings. The quantitative estimate of drug-likeness (QED) is 0.155. The van der Waals surface area contributed by atoms with E-state index < -0.39 is 5.41 Å². The third-order valence-electron chi connectivity index (χ3n) is 13.8. The van der Waals surface area contributed by atoms with Gasteiger partial charge in [-0.25, -0.2) is 0 Å². The normalized spacial score (nSPS) is 12.7. The van der Waals surface area contributed by atoms with Crippen LogP contribution in [-0.4, -0.2) is 4.40 Å². The Hall–Kier alpha value is -8.46. The third-order valence-corrected chi connectivity index (χ3v) is 13.8. The molecule has 0 N–H and O–H groups in total. The molecule has 304 valence electrons. The van der Waals surface area contributed by atoms with Gasteiger partial charge in [-0.1, -0.05) is 200 Å². The number of hydrogen-bond donors (Lipinski definition) is 0. The van der Waals surface area contributed by atoms with Crippen molar-refractivity contribution >= 4 is 55.0 Å². The topological polar surface area (TPSA) is 7.65 Å². The van der Waals surface area contributed by atoms with Crippen molar-refractivity contribution in [1.29, 1.82) is 0 Å². The lowest BCUT2D eigenvalue weighted by Crippen LogP contribution is -2.28. The highest BCUT2D eigenvalue weighted by atomic mass is 15.1. The van der Waals surface area contributed by atoms with Crippen molar-refractivity contribution in [3.05, 3.63) is 277 Å². The predicted molar refractivity (Wildman–Crippen MR) is 273 cm³/mol. The molecule has 0 aliphatic heterocycles. The van der Waals surface area contributed by atoms with Crippen LogP contribution in [0.2, 0.25) is 0 Å². The number of hydrogen-bond acceptors (Lipinski definition) is 1. The summed E-state index contributed by atoms with van der Waals surface area (Å²) >= 11 is 0. The fraction of sp³-hybridized carbons (Fsp3) is 0.0159. The first-order valence-electron chi connectivity index (χ1n) is 22.5. The Labute approximate surface area is 378 Å². The number of aromatic nitrogens is 1. The molecule has 2 heterocycles. The van der Waals surface area contributed by atoms with E-state index >= 15 is 0 Å². The van der Waals surface area contributed by atoms with Gasteiger partial charge in [-0.05, 0) is 115 Å². The molecule has 0 unspecified atom stereocenters. The summed E-state index contributed by atoms with van der Waals surface area (Å²) in [4.78, 5) is 2.44. The first-order valence-corrected chi connectivity index (χ1v) is 22.5. The number of nitrogens with zero attached hydrogens (tertiary/aromatic N) is 2. The molecular formula is C63H42N2. The van der Waals surface area contributed by atoms with Gasteiger partial charge in [-0.3, -0.25) is 0 Å². The SMILES string of the molecule is c1ccc(-c2c3ccccc3n3ccc4cccc(-c5ccc(N(c6ccc7c(c6)C(c6ccccc6)(c6ccccc6)c6ccccc6-7)c6ccc7ccccc7c6)cc5)c4c23)cc1. The lowest BCUT2D eigenvalue weighted by molar-refractivity contribution is 0.768. The highest BCUT2D eigenvalue weighted by molar-refractivity contribution is 6.18. The van der Waals surface area contributed by atoms with Crippen LogP contribution < -0.4 is 4.90 Å². The van der Waals surface area contributed by atoms with Crippen molar-refractivity contribution in [2.75, 3.05) is 4.90 Å². The summed E-state index contributed by atoms with van der Waals surface area (Å²) in [7, 11) is 0. The molecule has 0 radical (unpaired) electrons. The maximum Gasteiger partial charge on any atom is 0.0714 e. The number of para-hydroxylation sites is 1.